The van der Waals surface area contributed by atoms with E-state index in [9.17, 15) is 9.59 Å². The Kier molecular flexibility index (Phi) is 5.64. The van der Waals surface area contributed by atoms with Gasteiger partial charge in [-0.25, -0.2) is 4.79 Å². The van der Waals surface area contributed by atoms with Gasteiger partial charge in [-0.05, 0) is 24.8 Å². The van der Waals surface area contributed by atoms with E-state index in [0.29, 0.717) is 0 Å². The molecule has 0 aliphatic rings. The molecule has 5 nitrogen and oxygen atoms in total. The molecule has 100 valence electrons. The van der Waals surface area contributed by atoms with Gasteiger partial charge in [-0.3, -0.25) is 4.79 Å². The summed E-state index contributed by atoms with van der Waals surface area (Å²) < 4.78 is 5.20. The average Bonchev–Trinajstić information content (AvgIpc) is 2.74. The highest BCUT2D eigenvalue weighted by Gasteiger charge is 2.14. The first kappa shape index (κ1) is 14.5. The highest BCUT2D eigenvalue weighted by atomic mass is 32.1. The monoisotopic (exact) mass is 271 g/mol. The Bertz CT molecular complexity index is 416. The van der Waals surface area contributed by atoms with Crippen molar-refractivity contribution in [1.82, 2.24) is 5.32 Å². The third kappa shape index (κ3) is 4.37. The van der Waals surface area contributed by atoms with Gasteiger partial charge < -0.3 is 15.2 Å². The SMILES string of the molecule is CCCC(C)NC(=O)COc1ccsc1C(=O)O. The molecule has 0 aromatic carbocycles. The predicted molar refractivity (Wildman–Crippen MR) is 69.3 cm³/mol. The second-order valence-corrected chi connectivity index (χ2v) is 4.88. The number of carbonyl (C=O) groups is 2. The van der Waals surface area contributed by atoms with E-state index in [1.807, 2.05) is 13.8 Å². The molecular formula is C12H17NO4S. The van der Waals surface area contributed by atoms with Crippen molar-refractivity contribution in [3.05, 3.63) is 16.3 Å². The smallest absolute Gasteiger partial charge is 0.349 e. The van der Waals surface area contributed by atoms with Crippen LogP contribution in [0.5, 0.6) is 5.75 Å². The van der Waals surface area contributed by atoms with Crippen molar-refractivity contribution < 1.29 is 19.4 Å². The molecule has 0 aliphatic heterocycles. The van der Waals surface area contributed by atoms with E-state index >= 15 is 0 Å². The molecule has 0 radical (unpaired) electrons. The zero-order valence-corrected chi connectivity index (χ0v) is 11.3. The van der Waals surface area contributed by atoms with E-state index in [0.717, 1.165) is 24.2 Å². The molecule has 18 heavy (non-hydrogen) atoms. The Morgan fingerprint density at radius 1 is 1.56 bits per heavy atom. The van der Waals surface area contributed by atoms with Crippen LogP contribution < -0.4 is 10.1 Å². The van der Waals surface area contributed by atoms with E-state index in [2.05, 4.69) is 5.32 Å². The van der Waals surface area contributed by atoms with Gasteiger partial charge in [-0.1, -0.05) is 13.3 Å². The van der Waals surface area contributed by atoms with Crippen molar-refractivity contribution in [2.24, 2.45) is 0 Å². The standard InChI is InChI=1S/C12H17NO4S/c1-3-4-8(2)13-10(14)7-17-9-5-6-18-11(9)12(15)16/h5-6,8H,3-4,7H2,1-2H3,(H,13,14)(H,15,16). The van der Waals surface area contributed by atoms with Gasteiger partial charge in [0.05, 0.1) is 0 Å². The van der Waals surface area contributed by atoms with Gasteiger partial charge in [0.1, 0.15) is 5.75 Å². The minimum Gasteiger partial charge on any atom is -0.482 e. The zero-order chi connectivity index (χ0) is 13.5. The summed E-state index contributed by atoms with van der Waals surface area (Å²) in [6.45, 7) is 3.81. The fraction of sp³-hybridized carbons (Fsp3) is 0.500. The zero-order valence-electron chi connectivity index (χ0n) is 10.4. The fourth-order valence-corrected chi connectivity index (χ4v) is 2.20. The van der Waals surface area contributed by atoms with Gasteiger partial charge in [0.2, 0.25) is 0 Å². The third-order valence-electron chi connectivity index (χ3n) is 2.31. The first-order valence-corrected chi connectivity index (χ1v) is 6.65. The van der Waals surface area contributed by atoms with Gasteiger partial charge >= 0.3 is 5.97 Å². The normalized spacial score (nSPS) is 11.9. The molecule has 2 N–H and O–H groups in total. The molecule has 0 fully saturated rings. The molecular weight excluding hydrogens is 254 g/mol. The molecule has 1 atom stereocenters. The summed E-state index contributed by atoms with van der Waals surface area (Å²) >= 11 is 1.08. The van der Waals surface area contributed by atoms with Crippen molar-refractivity contribution in [2.45, 2.75) is 32.7 Å². The molecule has 1 rings (SSSR count). The number of nitrogens with one attached hydrogen (secondary N) is 1. The molecule has 0 bridgehead atoms. The summed E-state index contributed by atoms with van der Waals surface area (Å²) in [7, 11) is 0. The number of rotatable bonds is 7. The number of carboxylic acids is 1. The van der Waals surface area contributed by atoms with Crippen molar-refractivity contribution >= 4 is 23.2 Å². The van der Waals surface area contributed by atoms with Crippen molar-refractivity contribution in [2.75, 3.05) is 6.61 Å². The minimum absolute atomic E-state index is 0.104. The molecule has 1 aromatic rings. The molecule has 0 saturated heterocycles. The van der Waals surface area contributed by atoms with Crippen LogP contribution in [0.3, 0.4) is 0 Å². The van der Waals surface area contributed by atoms with Gasteiger partial charge in [-0.15, -0.1) is 11.3 Å². The maximum absolute atomic E-state index is 11.5. The Balaban J connectivity index is 2.43. The second kappa shape index (κ2) is 7.00. The Morgan fingerprint density at radius 3 is 2.89 bits per heavy atom. The molecule has 1 aromatic heterocycles. The topological polar surface area (TPSA) is 75.6 Å². The minimum atomic E-state index is -1.04. The molecule has 1 heterocycles. The first-order valence-electron chi connectivity index (χ1n) is 5.77. The third-order valence-corrected chi connectivity index (χ3v) is 3.19. The van der Waals surface area contributed by atoms with Crippen LogP contribution in [0.4, 0.5) is 0 Å². The van der Waals surface area contributed by atoms with Crippen LogP contribution in [0, 0.1) is 0 Å². The van der Waals surface area contributed by atoms with Gasteiger partial charge in [-0.2, -0.15) is 0 Å². The highest BCUT2D eigenvalue weighted by Crippen LogP contribution is 2.24. The molecule has 1 unspecified atom stereocenters. The van der Waals surface area contributed by atoms with E-state index in [1.54, 1.807) is 11.4 Å². The summed E-state index contributed by atoms with van der Waals surface area (Å²) in [5, 5.41) is 13.3. The maximum atomic E-state index is 11.5. The highest BCUT2D eigenvalue weighted by molar-refractivity contribution is 7.12. The lowest BCUT2D eigenvalue weighted by Crippen LogP contribution is -2.36. The number of amides is 1. The lowest BCUT2D eigenvalue weighted by molar-refractivity contribution is -0.123. The second-order valence-electron chi connectivity index (χ2n) is 3.97. The van der Waals surface area contributed by atoms with E-state index < -0.39 is 5.97 Å². The van der Waals surface area contributed by atoms with Gasteiger partial charge in [0.15, 0.2) is 11.5 Å². The molecule has 1 amide bonds. The number of ether oxygens (including phenoxy) is 1. The van der Waals surface area contributed by atoms with Crippen LogP contribution in [0.15, 0.2) is 11.4 Å². The number of carbonyl (C=O) groups excluding carboxylic acids is 1. The summed E-state index contributed by atoms with van der Waals surface area (Å²) in [4.78, 5) is 22.5. The van der Waals surface area contributed by atoms with E-state index in [-0.39, 0.29) is 29.2 Å². The summed E-state index contributed by atoms with van der Waals surface area (Å²) in [6, 6.07) is 1.66. The number of thiophene rings is 1. The fourth-order valence-electron chi connectivity index (χ4n) is 1.53. The molecule has 0 aliphatic carbocycles. The summed E-state index contributed by atoms with van der Waals surface area (Å²) in [6.07, 6.45) is 1.90. The quantitative estimate of drug-likeness (QED) is 0.796. The Hall–Kier alpha value is -1.56. The number of aromatic carboxylic acids is 1. The lowest BCUT2D eigenvalue weighted by atomic mass is 10.2. The van der Waals surface area contributed by atoms with Crippen LogP contribution in [-0.2, 0) is 4.79 Å². The molecule has 0 saturated carbocycles. The van der Waals surface area contributed by atoms with Crippen LogP contribution >= 0.6 is 11.3 Å². The van der Waals surface area contributed by atoms with Crippen LogP contribution in [0.2, 0.25) is 0 Å². The largest absolute Gasteiger partial charge is 0.482 e. The van der Waals surface area contributed by atoms with Crippen molar-refractivity contribution in [1.29, 1.82) is 0 Å². The van der Waals surface area contributed by atoms with Crippen LogP contribution in [0.25, 0.3) is 0 Å². The van der Waals surface area contributed by atoms with Crippen LogP contribution in [-0.4, -0.2) is 29.6 Å². The molecule has 6 heteroatoms. The maximum Gasteiger partial charge on any atom is 0.349 e. The van der Waals surface area contributed by atoms with E-state index in [1.165, 1.54) is 0 Å². The number of carboxylic acid groups (broad SMARTS) is 1. The van der Waals surface area contributed by atoms with Gasteiger partial charge in [0.25, 0.3) is 5.91 Å². The van der Waals surface area contributed by atoms with Gasteiger partial charge in [0, 0.05) is 6.04 Å². The average molecular weight is 271 g/mol. The summed E-state index contributed by atoms with van der Waals surface area (Å²) in [5.41, 5.74) is 0. The first-order chi connectivity index (χ1) is 8.54. The van der Waals surface area contributed by atoms with Crippen LogP contribution in [0.1, 0.15) is 36.4 Å². The van der Waals surface area contributed by atoms with Crippen molar-refractivity contribution in [3.8, 4) is 5.75 Å². The van der Waals surface area contributed by atoms with Crippen molar-refractivity contribution in [3.63, 3.8) is 0 Å². The molecule has 0 spiro atoms. The Morgan fingerprint density at radius 2 is 2.28 bits per heavy atom. The summed E-state index contributed by atoms with van der Waals surface area (Å²) in [5.74, 6) is -1.04. The van der Waals surface area contributed by atoms with E-state index in [4.69, 9.17) is 9.84 Å². The Labute approximate surface area is 110 Å². The number of hydrogen-bond acceptors (Lipinski definition) is 4. The predicted octanol–water partition coefficient (Wildman–Crippen LogP) is 2.13. The number of hydrogen-bond donors (Lipinski definition) is 2. The lowest BCUT2D eigenvalue weighted by Gasteiger charge is -2.13.